The Morgan fingerprint density at radius 2 is 0.848 bits per heavy atom. The minimum absolute atomic E-state index is 0.135. The van der Waals surface area contributed by atoms with Gasteiger partial charge in [-0.1, -0.05) is 0 Å². The first-order valence-corrected chi connectivity index (χ1v) is 10.4. The molecule has 4 rings (SSSR count). The molecule has 9 heteroatoms. The van der Waals surface area contributed by atoms with Crippen molar-refractivity contribution in [3.05, 3.63) is 88.8 Å². The van der Waals surface area contributed by atoms with Crippen LogP contribution < -0.4 is 0 Å². The Labute approximate surface area is 188 Å². The number of aromatic carboxylic acids is 3. The van der Waals surface area contributed by atoms with E-state index in [1.807, 2.05) is 0 Å². The molecule has 3 aromatic rings. The van der Waals surface area contributed by atoms with Crippen LogP contribution in [0.25, 0.3) is 0 Å². The molecule has 0 aliphatic heterocycles. The lowest BCUT2D eigenvalue weighted by Crippen LogP contribution is -2.22. The maximum Gasteiger partial charge on any atom is 0.335 e. The van der Waals surface area contributed by atoms with Gasteiger partial charge >= 0.3 is 17.9 Å². The minimum Gasteiger partial charge on any atom is -0.478 e. The van der Waals surface area contributed by atoms with Crippen molar-refractivity contribution in [3.63, 3.8) is 0 Å². The molecule has 3 aromatic heterocycles. The van der Waals surface area contributed by atoms with Gasteiger partial charge in [0, 0.05) is 53.4 Å². The fourth-order valence-electron chi connectivity index (χ4n) is 4.46. The van der Waals surface area contributed by atoms with Crippen LogP contribution in [-0.2, 0) is 0 Å². The van der Waals surface area contributed by atoms with E-state index in [1.54, 1.807) is 18.2 Å². The molecule has 0 radical (unpaired) electrons. The lowest BCUT2D eigenvalue weighted by Gasteiger charge is -2.34. The third-order valence-electron chi connectivity index (χ3n) is 6.05. The molecule has 1 aliphatic carbocycles. The lowest BCUT2D eigenvalue weighted by atomic mass is 9.71. The standard InChI is InChI=1S/C24H21N3O6/c28-22(29)13-1-4-25-19(10-13)16-7-17(20-11-14(23(30)31)2-5-26-20)9-18(8-16)21-12-15(24(32)33)3-6-27-21/h1-6,10-12,16-18H,7-9H2,(H,28,29)(H,30,31)(H,32,33). The van der Waals surface area contributed by atoms with E-state index in [2.05, 4.69) is 15.0 Å². The second-order valence-electron chi connectivity index (χ2n) is 8.12. The number of pyridine rings is 3. The molecule has 0 spiro atoms. The monoisotopic (exact) mass is 447 g/mol. The van der Waals surface area contributed by atoms with E-state index >= 15 is 0 Å². The number of carboxylic acids is 3. The zero-order valence-corrected chi connectivity index (χ0v) is 17.5. The second kappa shape index (κ2) is 9.15. The van der Waals surface area contributed by atoms with Crippen LogP contribution in [0.15, 0.2) is 55.0 Å². The average molecular weight is 447 g/mol. The molecule has 3 heterocycles. The summed E-state index contributed by atoms with van der Waals surface area (Å²) in [6.07, 6.45) is 6.18. The first-order chi connectivity index (χ1) is 15.8. The summed E-state index contributed by atoms with van der Waals surface area (Å²) in [5.74, 6) is -3.56. The van der Waals surface area contributed by atoms with Gasteiger partial charge in [-0.15, -0.1) is 0 Å². The van der Waals surface area contributed by atoms with Gasteiger partial charge in [0.15, 0.2) is 0 Å². The molecular weight excluding hydrogens is 426 g/mol. The van der Waals surface area contributed by atoms with Gasteiger partial charge in [0.25, 0.3) is 0 Å². The van der Waals surface area contributed by atoms with Gasteiger partial charge in [-0.3, -0.25) is 15.0 Å². The maximum absolute atomic E-state index is 11.5. The molecule has 33 heavy (non-hydrogen) atoms. The lowest BCUT2D eigenvalue weighted by molar-refractivity contribution is 0.0686. The van der Waals surface area contributed by atoms with Crippen molar-refractivity contribution in [2.45, 2.75) is 37.0 Å². The SMILES string of the molecule is O=C(O)c1ccnc(C2CC(c3cc(C(=O)O)ccn3)CC(c3cc(C(=O)O)ccn3)C2)c1. The average Bonchev–Trinajstić information content (AvgIpc) is 2.84. The quantitative estimate of drug-likeness (QED) is 0.512. The fourth-order valence-corrected chi connectivity index (χ4v) is 4.46. The zero-order chi connectivity index (χ0) is 23.5. The first kappa shape index (κ1) is 22.1. The molecule has 0 saturated heterocycles. The van der Waals surface area contributed by atoms with Crippen LogP contribution in [0.4, 0.5) is 0 Å². The van der Waals surface area contributed by atoms with Crippen LogP contribution in [0, 0.1) is 0 Å². The van der Waals surface area contributed by atoms with Crippen LogP contribution in [0.1, 0.15) is 85.2 Å². The van der Waals surface area contributed by atoms with Crippen LogP contribution in [0.5, 0.6) is 0 Å². The van der Waals surface area contributed by atoms with Crippen molar-refractivity contribution in [1.82, 2.24) is 15.0 Å². The normalized spacial score (nSPS) is 20.2. The van der Waals surface area contributed by atoms with E-state index in [4.69, 9.17) is 0 Å². The molecule has 0 atom stereocenters. The molecule has 0 aromatic carbocycles. The number of nitrogens with zero attached hydrogens (tertiary/aromatic N) is 3. The Bertz CT molecular complexity index is 1070. The predicted octanol–water partition coefficient (Wildman–Crippen LogP) is 3.80. The Hall–Kier alpha value is -4.14. The van der Waals surface area contributed by atoms with Gasteiger partial charge in [0.1, 0.15) is 0 Å². The van der Waals surface area contributed by atoms with E-state index in [9.17, 15) is 29.7 Å². The molecule has 1 fully saturated rings. The van der Waals surface area contributed by atoms with Gasteiger partial charge in [0.2, 0.25) is 0 Å². The molecule has 0 amide bonds. The van der Waals surface area contributed by atoms with Crippen molar-refractivity contribution in [2.75, 3.05) is 0 Å². The number of carboxylic acid groups (broad SMARTS) is 3. The molecule has 0 unspecified atom stereocenters. The summed E-state index contributed by atoms with van der Waals surface area (Å²) >= 11 is 0. The number of carbonyl (C=O) groups is 3. The van der Waals surface area contributed by atoms with Gasteiger partial charge < -0.3 is 15.3 Å². The molecular formula is C24H21N3O6. The summed E-state index contributed by atoms with van der Waals surface area (Å²) < 4.78 is 0. The summed E-state index contributed by atoms with van der Waals surface area (Å²) in [4.78, 5) is 47.6. The number of hydrogen-bond donors (Lipinski definition) is 3. The summed E-state index contributed by atoms with van der Waals surface area (Å²) in [6.45, 7) is 0. The number of hydrogen-bond acceptors (Lipinski definition) is 6. The van der Waals surface area contributed by atoms with Gasteiger partial charge in [-0.2, -0.15) is 0 Å². The maximum atomic E-state index is 11.5. The highest BCUT2D eigenvalue weighted by Gasteiger charge is 2.34. The van der Waals surface area contributed by atoms with Gasteiger partial charge in [-0.25, -0.2) is 14.4 Å². The Morgan fingerprint density at radius 3 is 1.09 bits per heavy atom. The third-order valence-corrected chi connectivity index (χ3v) is 6.05. The summed E-state index contributed by atoms with van der Waals surface area (Å²) in [7, 11) is 0. The van der Waals surface area contributed by atoms with E-state index in [0.717, 1.165) is 0 Å². The van der Waals surface area contributed by atoms with Crippen molar-refractivity contribution >= 4 is 17.9 Å². The largest absolute Gasteiger partial charge is 0.478 e. The van der Waals surface area contributed by atoms with Crippen molar-refractivity contribution < 1.29 is 29.7 Å². The molecule has 168 valence electrons. The number of aromatic nitrogens is 3. The van der Waals surface area contributed by atoms with E-state index in [0.29, 0.717) is 36.3 Å². The summed E-state index contributed by atoms with van der Waals surface area (Å²) in [5, 5.41) is 28.1. The fraction of sp³-hybridized carbons (Fsp3) is 0.250. The van der Waals surface area contributed by atoms with Crippen LogP contribution in [0.3, 0.4) is 0 Å². The second-order valence-corrected chi connectivity index (χ2v) is 8.12. The highest BCUT2D eigenvalue weighted by atomic mass is 16.4. The van der Waals surface area contributed by atoms with Crippen LogP contribution in [0.2, 0.25) is 0 Å². The topological polar surface area (TPSA) is 151 Å². The third kappa shape index (κ3) is 4.87. The van der Waals surface area contributed by atoms with Crippen LogP contribution >= 0.6 is 0 Å². The van der Waals surface area contributed by atoms with Crippen molar-refractivity contribution in [1.29, 1.82) is 0 Å². The van der Waals surface area contributed by atoms with Gasteiger partial charge in [0.05, 0.1) is 16.7 Å². The smallest absolute Gasteiger partial charge is 0.335 e. The molecule has 0 bridgehead atoms. The summed E-state index contributed by atoms with van der Waals surface area (Å²) in [6, 6.07) is 8.94. The van der Waals surface area contributed by atoms with Gasteiger partial charge in [-0.05, 0) is 55.7 Å². The number of rotatable bonds is 6. The zero-order valence-electron chi connectivity index (χ0n) is 17.5. The van der Waals surface area contributed by atoms with Crippen molar-refractivity contribution in [3.8, 4) is 0 Å². The molecule has 1 saturated carbocycles. The Kier molecular flexibility index (Phi) is 6.12. The molecule has 1 aliphatic rings. The van der Waals surface area contributed by atoms with E-state index in [1.165, 1.54) is 36.8 Å². The van der Waals surface area contributed by atoms with Crippen LogP contribution in [-0.4, -0.2) is 48.2 Å². The molecule has 3 N–H and O–H groups in total. The minimum atomic E-state index is -1.05. The summed E-state index contributed by atoms with van der Waals surface area (Å²) in [5.41, 5.74) is 2.26. The van der Waals surface area contributed by atoms with E-state index in [-0.39, 0.29) is 34.4 Å². The molecule has 9 nitrogen and oxygen atoms in total. The van der Waals surface area contributed by atoms with Crippen molar-refractivity contribution in [2.24, 2.45) is 0 Å². The van der Waals surface area contributed by atoms with E-state index < -0.39 is 17.9 Å². The predicted molar refractivity (Wildman–Crippen MR) is 116 cm³/mol. The highest BCUT2D eigenvalue weighted by molar-refractivity contribution is 5.88. The highest BCUT2D eigenvalue weighted by Crippen LogP contribution is 2.47. The Morgan fingerprint density at radius 1 is 0.576 bits per heavy atom. The Balaban J connectivity index is 1.73. The first-order valence-electron chi connectivity index (χ1n) is 10.4.